The molecule has 0 aliphatic rings. The molecular formula is C14H12F2N2OS. The first-order valence-corrected chi connectivity index (χ1v) is 6.73. The summed E-state index contributed by atoms with van der Waals surface area (Å²) in [6, 6.07) is 8.64. The van der Waals surface area contributed by atoms with Crippen molar-refractivity contribution in [1.29, 1.82) is 5.26 Å². The molecule has 0 bridgehead atoms. The fraction of sp³-hybridized carbons (Fsp3) is 0.286. The molecule has 1 heterocycles. The molecule has 1 aromatic heterocycles. The van der Waals surface area contributed by atoms with E-state index in [2.05, 4.69) is 15.8 Å². The highest BCUT2D eigenvalue weighted by Crippen LogP contribution is 2.34. The lowest BCUT2D eigenvalue weighted by Gasteiger charge is -2.11. The standard InChI is InChI=1S/C14H12F2N2OS/c1-14(2,8-17)12-18-10(7-20-12)9-5-3-4-6-11(9)19-13(15)16/h3-7,13H,1-2H3. The number of aromatic nitrogens is 1. The number of hydrogen-bond donors (Lipinski definition) is 0. The third-order valence-electron chi connectivity index (χ3n) is 2.70. The largest absolute Gasteiger partial charge is 0.434 e. The second-order valence-corrected chi connectivity index (χ2v) is 5.51. The van der Waals surface area contributed by atoms with Crippen molar-refractivity contribution in [2.75, 3.05) is 0 Å². The topological polar surface area (TPSA) is 45.9 Å². The minimum atomic E-state index is -2.88. The molecule has 0 saturated heterocycles. The summed E-state index contributed by atoms with van der Waals surface area (Å²) in [6.45, 7) is 0.638. The van der Waals surface area contributed by atoms with Gasteiger partial charge in [-0.2, -0.15) is 14.0 Å². The molecule has 2 aromatic rings. The Labute approximate surface area is 119 Å². The number of rotatable bonds is 4. The average molecular weight is 294 g/mol. The van der Waals surface area contributed by atoms with Gasteiger partial charge in [-0.1, -0.05) is 12.1 Å². The van der Waals surface area contributed by atoms with Crippen LogP contribution >= 0.6 is 11.3 Å². The number of para-hydroxylation sites is 1. The van der Waals surface area contributed by atoms with Gasteiger partial charge in [-0.05, 0) is 26.0 Å². The number of hydrogen-bond acceptors (Lipinski definition) is 4. The SMILES string of the molecule is CC(C)(C#N)c1nc(-c2ccccc2OC(F)F)cs1. The Morgan fingerprint density at radius 2 is 2.05 bits per heavy atom. The molecule has 0 saturated carbocycles. The zero-order chi connectivity index (χ0) is 14.8. The van der Waals surface area contributed by atoms with Crippen LogP contribution < -0.4 is 4.74 Å². The molecule has 6 heteroatoms. The van der Waals surface area contributed by atoms with Crippen LogP contribution in [0, 0.1) is 11.3 Å². The zero-order valence-electron chi connectivity index (χ0n) is 10.9. The summed E-state index contributed by atoms with van der Waals surface area (Å²) >= 11 is 1.33. The Bertz CT molecular complexity index is 647. The van der Waals surface area contributed by atoms with E-state index in [1.54, 1.807) is 37.4 Å². The van der Waals surface area contributed by atoms with Crippen LogP contribution in [0.1, 0.15) is 18.9 Å². The number of ether oxygens (including phenoxy) is 1. The normalized spacial score (nSPS) is 11.4. The molecule has 2 rings (SSSR count). The molecule has 0 atom stereocenters. The second kappa shape index (κ2) is 5.55. The predicted molar refractivity (Wildman–Crippen MR) is 72.8 cm³/mol. The lowest BCUT2D eigenvalue weighted by atomic mass is 9.97. The first-order chi connectivity index (χ1) is 9.44. The van der Waals surface area contributed by atoms with Gasteiger partial charge in [0.15, 0.2) is 0 Å². The Balaban J connectivity index is 2.41. The maximum absolute atomic E-state index is 12.4. The van der Waals surface area contributed by atoms with Crippen LogP contribution in [-0.4, -0.2) is 11.6 Å². The van der Waals surface area contributed by atoms with Crippen molar-refractivity contribution >= 4 is 11.3 Å². The first kappa shape index (κ1) is 14.4. The molecule has 0 radical (unpaired) electrons. The van der Waals surface area contributed by atoms with Crippen LogP contribution in [0.5, 0.6) is 5.75 Å². The van der Waals surface area contributed by atoms with Gasteiger partial charge in [-0.15, -0.1) is 11.3 Å². The van der Waals surface area contributed by atoms with Crippen molar-refractivity contribution in [2.24, 2.45) is 0 Å². The average Bonchev–Trinajstić information content (AvgIpc) is 2.89. The van der Waals surface area contributed by atoms with Gasteiger partial charge in [0.1, 0.15) is 16.2 Å². The minimum Gasteiger partial charge on any atom is -0.434 e. The molecule has 0 amide bonds. The van der Waals surface area contributed by atoms with Crippen molar-refractivity contribution in [1.82, 2.24) is 4.98 Å². The Hall–Kier alpha value is -2.00. The Kier molecular flexibility index (Phi) is 4.00. The van der Waals surface area contributed by atoms with Crippen molar-refractivity contribution in [2.45, 2.75) is 25.9 Å². The van der Waals surface area contributed by atoms with Gasteiger partial charge in [-0.3, -0.25) is 0 Å². The van der Waals surface area contributed by atoms with Crippen LogP contribution in [0.15, 0.2) is 29.6 Å². The minimum absolute atomic E-state index is 0.0779. The summed E-state index contributed by atoms with van der Waals surface area (Å²) in [5.74, 6) is 0.0779. The monoisotopic (exact) mass is 294 g/mol. The molecule has 0 N–H and O–H groups in total. The summed E-state index contributed by atoms with van der Waals surface area (Å²) in [6.07, 6.45) is 0. The number of nitriles is 1. The van der Waals surface area contributed by atoms with E-state index >= 15 is 0 Å². The molecule has 0 aliphatic carbocycles. The molecule has 104 valence electrons. The molecule has 0 spiro atoms. The molecular weight excluding hydrogens is 282 g/mol. The van der Waals surface area contributed by atoms with Gasteiger partial charge in [0.2, 0.25) is 0 Å². The third-order valence-corrected chi connectivity index (χ3v) is 3.86. The van der Waals surface area contributed by atoms with E-state index in [0.29, 0.717) is 16.3 Å². The van der Waals surface area contributed by atoms with E-state index in [0.717, 1.165) is 0 Å². The fourth-order valence-electron chi connectivity index (χ4n) is 1.61. The van der Waals surface area contributed by atoms with Crippen LogP contribution in [0.3, 0.4) is 0 Å². The van der Waals surface area contributed by atoms with Crippen molar-refractivity contribution in [3.63, 3.8) is 0 Å². The fourth-order valence-corrected chi connectivity index (χ4v) is 2.50. The second-order valence-electron chi connectivity index (χ2n) is 4.65. The molecule has 0 fully saturated rings. The van der Waals surface area contributed by atoms with Gasteiger partial charge in [0, 0.05) is 10.9 Å². The summed E-state index contributed by atoms with van der Waals surface area (Å²) in [5, 5.41) is 11.5. The van der Waals surface area contributed by atoms with E-state index in [1.165, 1.54) is 17.4 Å². The quantitative estimate of drug-likeness (QED) is 0.848. The predicted octanol–water partition coefficient (Wildman–Crippen LogP) is 4.21. The number of nitrogens with zero attached hydrogens (tertiary/aromatic N) is 2. The lowest BCUT2D eigenvalue weighted by molar-refractivity contribution is -0.0494. The summed E-state index contributed by atoms with van der Waals surface area (Å²) < 4.78 is 29.3. The lowest BCUT2D eigenvalue weighted by Crippen LogP contribution is -2.13. The van der Waals surface area contributed by atoms with Gasteiger partial charge in [-0.25, -0.2) is 4.98 Å². The highest BCUT2D eigenvalue weighted by atomic mass is 32.1. The number of benzene rings is 1. The highest BCUT2D eigenvalue weighted by molar-refractivity contribution is 7.10. The van der Waals surface area contributed by atoms with Crippen molar-refractivity contribution in [3.05, 3.63) is 34.7 Å². The number of alkyl halides is 2. The van der Waals surface area contributed by atoms with Crippen LogP contribution in [0.4, 0.5) is 8.78 Å². The summed E-state index contributed by atoms with van der Waals surface area (Å²) in [4.78, 5) is 4.36. The van der Waals surface area contributed by atoms with E-state index in [4.69, 9.17) is 5.26 Å². The Morgan fingerprint density at radius 1 is 1.35 bits per heavy atom. The highest BCUT2D eigenvalue weighted by Gasteiger charge is 2.24. The van der Waals surface area contributed by atoms with E-state index < -0.39 is 12.0 Å². The molecule has 0 unspecified atom stereocenters. The van der Waals surface area contributed by atoms with E-state index in [-0.39, 0.29) is 5.75 Å². The van der Waals surface area contributed by atoms with Gasteiger partial charge in [0.25, 0.3) is 0 Å². The molecule has 1 aromatic carbocycles. The zero-order valence-corrected chi connectivity index (χ0v) is 11.7. The smallest absolute Gasteiger partial charge is 0.387 e. The summed E-state index contributed by atoms with van der Waals surface area (Å²) in [5.41, 5.74) is 0.315. The maximum atomic E-state index is 12.4. The van der Waals surface area contributed by atoms with E-state index in [9.17, 15) is 8.78 Å². The summed E-state index contributed by atoms with van der Waals surface area (Å²) in [7, 11) is 0. The van der Waals surface area contributed by atoms with Crippen molar-refractivity contribution < 1.29 is 13.5 Å². The molecule has 20 heavy (non-hydrogen) atoms. The Morgan fingerprint density at radius 3 is 2.70 bits per heavy atom. The van der Waals surface area contributed by atoms with Gasteiger partial charge in [0.05, 0.1) is 11.8 Å². The molecule has 0 aliphatic heterocycles. The third kappa shape index (κ3) is 2.94. The number of thiazole rings is 1. The molecule has 3 nitrogen and oxygen atoms in total. The van der Waals surface area contributed by atoms with Crippen LogP contribution in [-0.2, 0) is 5.41 Å². The van der Waals surface area contributed by atoms with Crippen molar-refractivity contribution in [3.8, 4) is 23.1 Å². The van der Waals surface area contributed by atoms with Crippen LogP contribution in [0.25, 0.3) is 11.3 Å². The maximum Gasteiger partial charge on any atom is 0.387 e. The first-order valence-electron chi connectivity index (χ1n) is 5.85. The van der Waals surface area contributed by atoms with E-state index in [1.807, 2.05) is 0 Å². The van der Waals surface area contributed by atoms with Crippen LogP contribution in [0.2, 0.25) is 0 Å². The number of halogens is 2. The van der Waals surface area contributed by atoms with Gasteiger partial charge < -0.3 is 4.74 Å². The van der Waals surface area contributed by atoms with Gasteiger partial charge >= 0.3 is 6.61 Å².